The highest BCUT2D eigenvalue weighted by Gasteiger charge is 2.36. The van der Waals surface area contributed by atoms with E-state index in [-0.39, 0.29) is 18.2 Å². The summed E-state index contributed by atoms with van der Waals surface area (Å²) in [6, 6.07) is 22.2. The van der Waals surface area contributed by atoms with E-state index in [2.05, 4.69) is 0 Å². The maximum absolute atomic E-state index is 14.1. The molecule has 5 aromatic rings. The van der Waals surface area contributed by atoms with E-state index in [4.69, 9.17) is 4.74 Å². The van der Waals surface area contributed by atoms with Gasteiger partial charge in [0.2, 0.25) is 0 Å². The minimum Gasteiger partial charge on any atom is -0.449 e. The van der Waals surface area contributed by atoms with E-state index in [1.54, 1.807) is 36.5 Å². The number of aryl methyl sites for hydroxylation is 2. The highest BCUT2D eigenvalue weighted by atomic mass is 19.4. The average molecular weight is 598 g/mol. The predicted molar refractivity (Wildman–Crippen MR) is 163 cm³/mol. The van der Waals surface area contributed by atoms with Crippen LogP contribution in [-0.4, -0.2) is 21.8 Å². The first kappa shape index (κ1) is 30.4. The Balaban J connectivity index is 1.62. The number of aromatic nitrogens is 2. The summed E-state index contributed by atoms with van der Waals surface area (Å²) in [5, 5.41) is 10.4. The van der Waals surface area contributed by atoms with E-state index in [0.717, 1.165) is 33.7 Å². The van der Waals surface area contributed by atoms with Gasteiger partial charge in [-0.1, -0.05) is 61.9 Å². The van der Waals surface area contributed by atoms with Gasteiger partial charge < -0.3 is 9.30 Å². The van der Waals surface area contributed by atoms with Crippen molar-refractivity contribution >= 4 is 17.0 Å². The lowest BCUT2D eigenvalue weighted by Gasteiger charge is -2.19. The Morgan fingerprint density at radius 3 is 2.36 bits per heavy atom. The molecule has 0 radical (unpaired) electrons. The number of benzene rings is 3. The van der Waals surface area contributed by atoms with Crippen LogP contribution < -0.4 is 5.56 Å². The van der Waals surface area contributed by atoms with Crippen LogP contribution in [-0.2, 0) is 17.5 Å². The lowest BCUT2D eigenvalue weighted by molar-refractivity contribution is -0.137. The number of hydrogen-bond acceptors (Lipinski definition) is 4. The van der Waals surface area contributed by atoms with Crippen LogP contribution in [0.2, 0.25) is 0 Å². The SMILES string of the molecule is Cc1ccc(Cn2c(-c3cccc(-c4ccc5c(ccn5C(=O)OCC(C)C)c4)c3)cc(C(F)(F)F)c(C#N)c2=O)c(C)c1. The molecule has 224 valence electrons. The molecule has 0 aliphatic carbocycles. The van der Waals surface area contributed by atoms with E-state index in [1.807, 2.05) is 64.1 Å². The number of alkyl halides is 3. The summed E-state index contributed by atoms with van der Waals surface area (Å²) in [7, 11) is 0. The Hall–Kier alpha value is -5.10. The van der Waals surface area contributed by atoms with Crippen molar-refractivity contribution in [3.8, 4) is 28.5 Å². The number of fused-ring (bicyclic) bond motifs is 1. The molecule has 3 aromatic carbocycles. The lowest BCUT2D eigenvalue weighted by Crippen LogP contribution is -2.29. The van der Waals surface area contributed by atoms with Crippen molar-refractivity contribution < 1.29 is 22.7 Å². The van der Waals surface area contributed by atoms with Crippen LogP contribution in [0.4, 0.5) is 18.0 Å². The van der Waals surface area contributed by atoms with Gasteiger partial charge in [-0.15, -0.1) is 0 Å². The first-order valence-corrected chi connectivity index (χ1v) is 14.1. The van der Waals surface area contributed by atoms with Crippen LogP contribution in [0.25, 0.3) is 33.3 Å². The van der Waals surface area contributed by atoms with E-state index in [0.29, 0.717) is 23.3 Å². The lowest BCUT2D eigenvalue weighted by atomic mass is 9.98. The molecule has 44 heavy (non-hydrogen) atoms. The number of pyridine rings is 1. The molecule has 0 amide bonds. The molecule has 0 bridgehead atoms. The third kappa shape index (κ3) is 6.02. The number of nitrogens with zero attached hydrogens (tertiary/aromatic N) is 3. The van der Waals surface area contributed by atoms with Crippen molar-refractivity contribution in [2.75, 3.05) is 6.61 Å². The topological polar surface area (TPSA) is 77.0 Å². The molecule has 0 aliphatic rings. The molecule has 0 unspecified atom stereocenters. The van der Waals surface area contributed by atoms with Crippen molar-refractivity contribution in [2.45, 2.75) is 40.4 Å². The molecule has 0 saturated carbocycles. The molecular formula is C35H30F3N3O3. The number of carbonyl (C=O) groups excluding carboxylic acids is 1. The van der Waals surface area contributed by atoms with Gasteiger partial charge in [0.15, 0.2) is 0 Å². The normalized spacial score (nSPS) is 11.6. The number of rotatable bonds is 6. The largest absolute Gasteiger partial charge is 0.449 e. The second-order valence-corrected chi connectivity index (χ2v) is 11.3. The molecule has 6 nitrogen and oxygen atoms in total. The Morgan fingerprint density at radius 1 is 0.955 bits per heavy atom. The second kappa shape index (κ2) is 11.9. The number of nitriles is 1. The Morgan fingerprint density at radius 2 is 1.68 bits per heavy atom. The maximum atomic E-state index is 14.1. The third-order valence-corrected chi connectivity index (χ3v) is 7.46. The van der Waals surface area contributed by atoms with Crippen LogP contribution in [0.3, 0.4) is 0 Å². The van der Waals surface area contributed by atoms with Gasteiger partial charge in [0, 0.05) is 11.6 Å². The third-order valence-electron chi connectivity index (χ3n) is 7.46. The minimum atomic E-state index is -4.90. The van der Waals surface area contributed by atoms with Gasteiger partial charge in [-0.2, -0.15) is 18.4 Å². The standard InChI is InChI=1S/C35H30F3N3O3/c1-21(2)20-44-34(43)40-13-12-27-16-25(10-11-31(27)40)24-6-5-7-26(15-24)32-17-30(35(36,37)38)29(18-39)33(42)41(32)19-28-9-8-22(3)14-23(28)4/h5-17,21H,19-20H2,1-4H3. The second-order valence-electron chi connectivity index (χ2n) is 11.3. The molecule has 0 saturated heterocycles. The van der Waals surface area contributed by atoms with Crippen LogP contribution in [0.5, 0.6) is 0 Å². The fourth-order valence-electron chi connectivity index (χ4n) is 5.21. The number of carbonyl (C=O) groups is 1. The number of hydrogen-bond donors (Lipinski definition) is 0. The molecule has 0 N–H and O–H groups in total. The number of ether oxygens (including phenoxy) is 1. The first-order chi connectivity index (χ1) is 20.9. The molecule has 0 aliphatic heterocycles. The summed E-state index contributed by atoms with van der Waals surface area (Å²) in [6.07, 6.45) is -3.75. The zero-order valence-electron chi connectivity index (χ0n) is 24.7. The van der Waals surface area contributed by atoms with Gasteiger partial charge in [-0.3, -0.25) is 9.36 Å². The Kier molecular flexibility index (Phi) is 8.20. The van der Waals surface area contributed by atoms with Crippen molar-refractivity contribution in [1.82, 2.24) is 9.13 Å². The van der Waals surface area contributed by atoms with Gasteiger partial charge in [0.25, 0.3) is 5.56 Å². The molecule has 5 rings (SSSR count). The molecule has 0 fully saturated rings. The van der Waals surface area contributed by atoms with Gasteiger partial charge in [-0.25, -0.2) is 4.79 Å². The van der Waals surface area contributed by atoms with Crippen molar-refractivity contribution in [3.05, 3.63) is 117 Å². The Bertz CT molecular complexity index is 2000. The van der Waals surface area contributed by atoms with Crippen LogP contribution in [0.15, 0.2) is 83.8 Å². The van der Waals surface area contributed by atoms with E-state index in [9.17, 15) is 28.0 Å². The van der Waals surface area contributed by atoms with Crippen LogP contribution >= 0.6 is 0 Å². The fourth-order valence-corrected chi connectivity index (χ4v) is 5.21. The molecule has 9 heteroatoms. The fraction of sp³-hybridized carbons (Fsp3) is 0.229. The molecule has 2 aromatic heterocycles. The summed E-state index contributed by atoms with van der Waals surface area (Å²) < 4.78 is 50.3. The van der Waals surface area contributed by atoms with Gasteiger partial charge in [0.05, 0.1) is 29.9 Å². The van der Waals surface area contributed by atoms with E-state index in [1.165, 1.54) is 15.2 Å². The van der Waals surface area contributed by atoms with E-state index < -0.39 is 29.0 Å². The maximum Gasteiger partial charge on any atom is 0.418 e. The summed E-state index contributed by atoms with van der Waals surface area (Å²) in [5.41, 5.74) is 1.97. The van der Waals surface area contributed by atoms with E-state index >= 15 is 0 Å². The predicted octanol–water partition coefficient (Wildman–Crippen LogP) is 8.33. The quantitative estimate of drug-likeness (QED) is 0.197. The first-order valence-electron chi connectivity index (χ1n) is 14.1. The van der Waals surface area contributed by atoms with Gasteiger partial charge in [-0.05, 0) is 77.9 Å². The van der Waals surface area contributed by atoms with Gasteiger partial charge in [0.1, 0.15) is 11.6 Å². The highest BCUT2D eigenvalue weighted by Crippen LogP contribution is 2.35. The average Bonchev–Trinajstić information content (AvgIpc) is 3.41. The monoisotopic (exact) mass is 597 g/mol. The van der Waals surface area contributed by atoms with Crippen molar-refractivity contribution in [2.24, 2.45) is 5.92 Å². The van der Waals surface area contributed by atoms with Crippen LogP contribution in [0, 0.1) is 31.1 Å². The minimum absolute atomic E-state index is 0.0102. The Labute approximate surface area is 252 Å². The zero-order valence-corrected chi connectivity index (χ0v) is 24.7. The van der Waals surface area contributed by atoms with Gasteiger partial charge >= 0.3 is 12.3 Å². The molecular weight excluding hydrogens is 567 g/mol. The number of halogens is 3. The summed E-state index contributed by atoms with van der Waals surface area (Å²) in [5.74, 6) is 0.195. The molecule has 2 heterocycles. The van der Waals surface area contributed by atoms with Crippen LogP contribution in [0.1, 0.15) is 41.7 Å². The summed E-state index contributed by atoms with van der Waals surface area (Å²) in [6.45, 7) is 7.98. The molecule has 0 spiro atoms. The highest BCUT2D eigenvalue weighted by molar-refractivity contribution is 5.92. The zero-order chi connectivity index (χ0) is 31.8. The molecule has 0 atom stereocenters. The smallest absolute Gasteiger partial charge is 0.418 e. The van der Waals surface area contributed by atoms with Crippen molar-refractivity contribution in [1.29, 1.82) is 5.26 Å². The van der Waals surface area contributed by atoms with Crippen molar-refractivity contribution in [3.63, 3.8) is 0 Å². The summed E-state index contributed by atoms with van der Waals surface area (Å²) in [4.78, 5) is 26.1. The summed E-state index contributed by atoms with van der Waals surface area (Å²) >= 11 is 0.